The molecule has 1 N–H and O–H groups in total. The Morgan fingerprint density at radius 3 is 2.69 bits per heavy atom. The molecule has 0 heterocycles. The molecule has 1 fully saturated rings. The third-order valence-electron chi connectivity index (χ3n) is 2.93. The molecule has 1 saturated carbocycles. The molecule has 1 rings (SSSR count). The van der Waals surface area contributed by atoms with Gasteiger partial charge in [-0.2, -0.15) is 0 Å². The number of rotatable bonds is 7. The molecule has 2 heteroatoms. The van der Waals surface area contributed by atoms with Crippen LogP contribution in [0.4, 0.5) is 0 Å². The number of hydrogen-bond acceptors (Lipinski definition) is 1. The smallest absolute Gasteiger partial charge is 0.303 e. The number of aliphatic carboxylic acids is 1. The van der Waals surface area contributed by atoms with Crippen molar-refractivity contribution in [1.82, 2.24) is 0 Å². The maximum atomic E-state index is 10.4. The van der Waals surface area contributed by atoms with Gasteiger partial charge in [0.05, 0.1) is 0 Å². The van der Waals surface area contributed by atoms with Crippen LogP contribution in [0.3, 0.4) is 0 Å². The van der Waals surface area contributed by atoms with E-state index in [1.807, 2.05) is 0 Å². The summed E-state index contributed by atoms with van der Waals surface area (Å²) in [7, 11) is 0. The van der Waals surface area contributed by atoms with Crippen LogP contribution in [0.15, 0.2) is 0 Å². The molecule has 13 heavy (non-hydrogen) atoms. The Labute approximate surface area is 80.3 Å². The minimum Gasteiger partial charge on any atom is -0.481 e. The van der Waals surface area contributed by atoms with Gasteiger partial charge in [0.2, 0.25) is 0 Å². The minimum absolute atomic E-state index is 0.401. The van der Waals surface area contributed by atoms with E-state index in [1.165, 1.54) is 38.5 Å². The minimum atomic E-state index is -0.624. The van der Waals surface area contributed by atoms with Crippen molar-refractivity contribution < 1.29 is 9.90 Å². The molecule has 0 saturated heterocycles. The molecule has 76 valence electrons. The quantitative estimate of drug-likeness (QED) is 0.617. The van der Waals surface area contributed by atoms with Crippen molar-refractivity contribution in [2.75, 3.05) is 0 Å². The predicted octanol–water partition coefficient (Wildman–Crippen LogP) is 3.07. The summed E-state index contributed by atoms with van der Waals surface area (Å²) in [5.74, 6) is 0.633. The molecule has 0 aliphatic heterocycles. The van der Waals surface area contributed by atoms with Crippen LogP contribution in [-0.4, -0.2) is 11.1 Å². The Bertz CT molecular complexity index is 165. The Balaban J connectivity index is 1.92. The highest BCUT2D eigenvalue weighted by Crippen LogP contribution is 2.44. The zero-order valence-electron chi connectivity index (χ0n) is 8.46. The van der Waals surface area contributed by atoms with Gasteiger partial charge in [-0.3, -0.25) is 4.79 Å². The van der Waals surface area contributed by atoms with E-state index < -0.39 is 5.97 Å². The predicted molar refractivity (Wildman–Crippen MR) is 52.6 cm³/mol. The summed E-state index contributed by atoms with van der Waals surface area (Å²) in [4.78, 5) is 10.4. The molecule has 0 aromatic carbocycles. The van der Waals surface area contributed by atoms with Gasteiger partial charge in [-0.05, 0) is 18.3 Å². The van der Waals surface area contributed by atoms with Gasteiger partial charge in [0, 0.05) is 6.42 Å². The van der Waals surface area contributed by atoms with Crippen molar-refractivity contribution >= 4 is 5.97 Å². The lowest BCUT2D eigenvalue weighted by Gasteiger charge is -1.98. The van der Waals surface area contributed by atoms with Crippen molar-refractivity contribution in [1.29, 1.82) is 0 Å². The van der Waals surface area contributed by atoms with Gasteiger partial charge in [0.25, 0.3) is 0 Å². The van der Waals surface area contributed by atoms with Gasteiger partial charge >= 0.3 is 5.97 Å². The van der Waals surface area contributed by atoms with E-state index >= 15 is 0 Å². The lowest BCUT2D eigenvalue weighted by Crippen LogP contribution is -1.96. The molecular formula is C11H20O2. The van der Waals surface area contributed by atoms with Gasteiger partial charge in [-0.1, -0.05) is 39.0 Å². The number of carboxylic acids is 1. The van der Waals surface area contributed by atoms with E-state index in [-0.39, 0.29) is 0 Å². The van der Waals surface area contributed by atoms with Crippen molar-refractivity contribution in [2.24, 2.45) is 11.8 Å². The third-order valence-corrected chi connectivity index (χ3v) is 2.93. The first-order chi connectivity index (χ1) is 6.24. The highest BCUT2D eigenvalue weighted by molar-refractivity contribution is 5.67. The highest BCUT2D eigenvalue weighted by Gasteiger charge is 2.37. The standard InChI is InChI=1S/C11H20O2/c1-2-3-4-5-6-9-7-10(9)8-11(12)13/h9-10H,2-8H2,1H3,(H,12,13)/t9-,10+/m1/s1. The van der Waals surface area contributed by atoms with Crippen LogP contribution in [-0.2, 0) is 4.79 Å². The maximum absolute atomic E-state index is 10.4. The van der Waals surface area contributed by atoms with Crippen molar-refractivity contribution in [2.45, 2.75) is 51.9 Å². The molecule has 0 spiro atoms. The first-order valence-electron chi connectivity index (χ1n) is 5.45. The molecule has 0 unspecified atom stereocenters. The molecule has 0 aromatic heterocycles. The summed E-state index contributed by atoms with van der Waals surface area (Å²) in [6.07, 6.45) is 8.07. The third kappa shape index (κ3) is 4.30. The molecule has 0 amide bonds. The lowest BCUT2D eigenvalue weighted by atomic mass is 10.1. The normalized spacial score (nSPS) is 25.9. The average molecular weight is 184 g/mol. The summed E-state index contributed by atoms with van der Waals surface area (Å²) >= 11 is 0. The second-order valence-electron chi connectivity index (χ2n) is 4.20. The summed E-state index contributed by atoms with van der Waals surface area (Å²) in [6, 6.07) is 0. The van der Waals surface area contributed by atoms with E-state index in [1.54, 1.807) is 0 Å². The molecule has 2 atom stereocenters. The van der Waals surface area contributed by atoms with Crippen LogP contribution >= 0.6 is 0 Å². The molecule has 0 radical (unpaired) electrons. The fourth-order valence-electron chi connectivity index (χ4n) is 1.97. The van der Waals surface area contributed by atoms with Crippen molar-refractivity contribution in [3.8, 4) is 0 Å². The molecule has 2 nitrogen and oxygen atoms in total. The van der Waals surface area contributed by atoms with Gasteiger partial charge in [-0.25, -0.2) is 0 Å². The molecule has 0 aromatic rings. The van der Waals surface area contributed by atoms with Crippen LogP contribution in [0.1, 0.15) is 51.9 Å². The molecule has 0 bridgehead atoms. The topological polar surface area (TPSA) is 37.3 Å². The fourth-order valence-corrected chi connectivity index (χ4v) is 1.97. The zero-order valence-corrected chi connectivity index (χ0v) is 8.46. The van der Waals surface area contributed by atoms with Crippen molar-refractivity contribution in [3.05, 3.63) is 0 Å². The van der Waals surface area contributed by atoms with E-state index in [9.17, 15) is 4.79 Å². The molecule has 1 aliphatic carbocycles. The maximum Gasteiger partial charge on any atom is 0.303 e. The SMILES string of the molecule is CCCCCC[C@@H]1C[C@H]1CC(=O)O. The Morgan fingerprint density at radius 1 is 1.31 bits per heavy atom. The Hall–Kier alpha value is -0.530. The summed E-state index contributed by atoms with van der Waals surface area (Å²) in [5, 5.41) is 8.55. The Morgan fingerprint density at radius 2 is 2.08 bits per heavy atom. The summed E-state index contributed by atoms with van der Waals surface area (Å²) < 4.78 is 0. The molecule has 1 aliphatic rings. The van der Waals surface area contributed by atoms with Crippen LogP contribution in [0.25, 0.3) is 0 Å². The largest absolute Gasteiger partial charge is 0.481 e. The fraction of sp³-hybridized carbons (Fsp3) is 0.909. The molecular weight excluding hydrogens is 164 g/mol. The zero-order chi connectivity index (χ0) is 9.68. The monoisotopic (exact) mass is 184 g/mol. The van der Waals surface area contributed by atoms with Gasteiger partial charge in [0.1, 0.15) is 0 Å². The van der Waals surface area contributed by atoms with E-state index in [0.29, 0.717) is 12.3 Å². The lowest BCUT2D eigenvalue weighted by molar-refractivity contribution is -0.137. The van der Waals surface area contributed by atoms with Gasteiger partial charge < -0.3 is 5.11 Å². The van der Waals surface area contributed by atoms with E-state index in [4.69, 9.17) is 5.11 Å². The van der Waals surface area contributed by atoms with E-state index in [2.05, 4.69) is 6.92 Å². The first kappa shape index (κ1) is 10.6. The van der Waals surface area contributed by atoms with E-state index in [0.717, 1.165) is 5.92 Å². The Kier molecular flexibility index (Phi) is 4.26. The second kappa shape index (κ2) is 5.25. The first-order valence-corrected chi connectivity index (χ1v) is 5.45. The number of hydrogen-bond donors (Lipinski definition) is 1. The van der Waals surface area contributed by atoms with Crippen LogP contribution in [0.5, 0.6) is 0 Å². The second-order valence-corrected chi connectivity index (χ2v) is 4.20. The van der Waals surface area contributed by atoms with Gasteiger partial charge in [0.15, 0.2) is 0 Å². The number of carbonyl (C=O) groups is 1. The van der Waals surface area contributed by atoms with Crippen molar-refractivity contribution in [3.63, 3.8) is 0 Å². The number of carboxylic acid groups (broad SMARTS) is 1. The van der Waals surface area contributed by atoms with Crippen LogP contribution in [0, 0.1) is 11.8 Å². The van der Waals surface area contributed by atoms with Crippen LogP contribution in [0.2, 0.25) is 0 Å². The summed E-state index contributed by atoms with van der Waals surface area (Å²) in [5.41, 5.74) is 0. The highest BCUT2D eigenvalue weighted by atomic mass is 16.4. The average Bonchev–Trinajstić information content (AvgIpc) is 2.76. The van der Waals surface area contributed by atoms with Crippen LogP contribution < -0.4 is 0 Å². The summed E-state index contributed by atoms with van der Waals surface area (Å²) in [6.45, 7) is 2.21. The number of unbranched alkanes of at least 4 members (excludes halogenated alkanes) is 3. The van der Waals surface area contributed by atoms with Gasteiger partial charge in [-0.15, -0.1) is 0 Å².